The summed E-state index contributed by atoms with van der Waals surface area (Å²) in [6.45, 7) is 0.911. The molecule has 4 rings (SSSR count). The Kier molecular flexibility index (Phi) is 5.26. The number of fused-ring (bicyclic) bond motifs is 2. The quantitative estimate of drug-likeness (QED) is 0.781. The molecule has 28 heavy (non-hydrogen) atoms. The van der Waals surface area contributed by atoms with Crippen molar-refractivity contribution >= 4 is 5.97 Å². The smallest absolute Gasteiger partial charge is 0.347 e. The zero-order valence-corrected chi connectivity index (χ0v) is 16.6. The van der Waals surface area contributed by atoms with Crippen molar-refractivity contribution < 1.29 is 14.6 Å². The Morgan fingerprint density at radius 2 is 1.54 bits per heavy atom. The number of esters is 1. The van der Waals surface area contributed by atoms with Crippen LogP contribution in [0.1, 0.15) is 30.4 Å². The number of carbonyl (C=O) groups is 1. The third-order valence-electron chi connectivity index (χ3n) is 6.50. The zero-order chi connectivity index (χ0) is 19.7. The van der Waals surface area contributed by atoms with Gasteiger partial charge in [-0.05, 0) is 56.3 Å². The van der Waals surface area contributed by atoms with Crippen LogP contribution in [0.5, 0.6) is 0 Å². The monoisotopic (exact) mass is 379 g/mol. The van der Waals surface area contributed by atoms with Crippen molar-refractivity contribution in [3.8, 4) is 0 Å². The van der Waals surface area contributed by atoms with Gasteiger partial charge in [0.05, 0.1) is 0 Å². The summed E-state index contributed by atoms with van der Waals surface area (Å²) >= 11 is 0. The van der Waals surface area contributed by atoms with E-state index in [0.717, 1.165) is 19.4 Å². The van der Waals surface area contributed by atoms with Gasteiger partial charge in [-0.3, -0.25) is 0 Å². The first kappa shape index (κ1) is 19.2. The van der Waals surface area contributed by atoms with E-state index < -0.39 is 11.6 Å². The molecule has 2 aliphatic rings. The summed E-state index contributed by atoms with van der Waals surface area (Å²) in [6.07, 6.45) is 3.35. The Hall–Kier alpha value is -2.17. The van der Waals surface area contributed by atoms with Crippen LogP contribution in [0.3, 0.4) is 0 Å². The van der Waals surface area contributed by atoms with Gasteiger partial charge in [-0.15, -0.1) is 0 Å². The minimum absolute atomic E-state index is 0.118. The van der Waals surface area contributed by atoms with Gasteiger partial charge in [0.25, 0.3) is 0 Å². The van der Waals surface area contributed by atoms with E-state index in [2.05, 4.69) is 19.0 Å². The summed E-state index contributed by atoms with van der Waals surface area (Å²) in [5.41, 5.74) is -0.718. The first-order valence-corrected chi connectivity index (χ1v) is 10.2. The van der Waals surface area contributed by atoms with Crippen LogP contribution < -0.4 is 0 Å². The zero-order valence-electron chi connectivity index (χ0n) is 16.6. The van der Waals surface area contributed by atoms with Crippen LogP contribution in [0.15, 0.2) is 60.7 Å². The van der Waals surface area contributed by atoms with E-state index in [1.165, 1.54) is 6.42 Å². The molecule has 2 aromatic rings. The van der Waals surface area contributed by atoms with Gasteiger partial charge < -0.3 is 14.7 Å². The molecule has 2 fully saturated rings. The highest BCUT2D eigenvalue weighted by molar-refractivity contribution is 5.85. The first-order chi connectivity index (χ1) is 13.5. The molecule has 0 heterocycles. The van der Waals surface area contributed by atoms with Crippen LogP contribution in [0, 0.1) is 17.8 Å². The SMILES string of the molecule is CN(C)CC1C2CCC(C2)C1OC(=O)C(O)(c1ccccc1)c1ccccc1. The molecule has 2 aliphatic carbocycles. The minimum Gasteiger partial charge on any atom is -0.459 e. The Morgan fingerprint density at radius 1 is 1.00 bits per heavy atom. The molecular formula is C24H29NO3. The Labute approximate surface area is 167 Å². The highest BCUT2D eigenvalue weighted by atomic mass is 16.6. The van der Waals surface area contributed by atoms with Crippen molar-refractivity contribution in [3.63, 3.8) is 0 Å². The Morgan fingerprint density at radius 3 is 2.07 bits per heavy atom. The van der Waals surface area contributed by atoms with Crippen molar-refractivity contribution in [3.05, 3.63) is 71.8 Å². The predicted molar refractivity (Wildman–Crippen MR) is 109 cm³/mol. The topological polar surface area (TPSA) is 49.8 Å². The largest absolute Gasteiger partial charge is 0.459 e. The van der Waals surface area contributed by atoms with E-state index in [9.17, 15) is 9.90 Å². The second-order valence-electron chi connectivity index (χ2n) is 8.57. The number of rotatable bonds is 6. The van der Waals surface area contributed by atoms with Crippen molar-refractivity contribution in [2.45, 2.75) is 31.0 Å². The molecule has 4 heteroatoms. The molecule has 0 radical (unpaired) electrons. The maximum Gasteiger partial charge on any atom is 0.347 e. The molecule has 0 saturated heterocycles. The summed E-state index contributed by atoms with van der Waals surface area (Å²) in [7, 11) is 4.13. The molecule has 4 unspecified atom stereocenters. The summed E-state index contributed by atoms with van der Waals surface area (Å²) in [5.74, 6) is 0.807. The molecule has 2 bridgehead atoms. The van der Waals surface area contributed by atoms with Gasteiger partial charge in [0.15, 0.2) is 0 Å². The highest BCUT2D eigenvalue weighted by Gasteiger charge is 2.52. The lowest BCUT2D eigenvalue weighted by Crippen LogP contribution is -2.45. The minimum atomic E-state index is -1.80. The van der Waals surface area contributed by atoms with Crippen LogP contribution in [0.25, 0.3) is 0 Å². The van der Waals surface area contributed by atoms with E-state index in [0.29, 0.717) is 28.9 Å². The molecule has 2 aromatic carbocycles. The molecule has 1 N–H and O–H groups in total. The second-order valence-corrected chi connectivity index (χ2v) is 8.57. The Balaban J connectivity index is 1.65. The maximum absolute atomic E-state index is 13.4. The van der Waals surface area contributed by atoms with E-state index in [4.69, 9.17) is 4.74 Å². The lowest BCUT2D eigenvalue weighted by Gasteiger charge is -2.35. The standard InChI is InChI=1S/C24H29NO3/c1-25(2)16-21-17-13-14-18(15-17)22(21)28-23(26)24(27,19-9-5-3-6-10-19)20-11-7-4-8-12-20/h3-12,17-18,21-22,27H,13-16H2,1-2H3. The van der Waals surface area contributed by atoms with Crippen molar-refractivity contribution in [1.82, 2.24) is 4.90 Å². The third kappa shape index (κ3) is 3.36. The number of hydrogen-bond donors (Lipinski definition) is 1. The number of hydrogen-bond acceptors (Lipinski definition) is 4. The number of nitrogens with zero attached hydrogens (tertiary/aromatic N) is 1. The fraction of sp³-hybridized carbons (Fsp3) is 0.458. The van der Waals surface area contributed by atoms with Gasteiger partial charge in [0, 0.05) is 12.5 Å². The molecule has 4 nitrogen and oxygen atoms in total. The highest BCUT2D eigenvalue weighted by Crippen LogP contribution is 2.50. The molecule has 2 saturated carbocycles. The van der Waals surface area contributed by atoms with Crippen LogP contribution >= 0.6 is 0 Å². The predicted octanol–water partition coefficient (Wildman–Crippen LogP) is 3.44. The number of ether oxygens (including phenoxy) is 1. The normalized spacial score (nSPS) is 26.6. The second kappa shape index (κ2) is 7.69. The fourth-order valence-electron chi connectivity index (χ4n) is 5.19. The number of benzene rings is 2. The third-order valence-corrected chi connectivity index (χ3v) is 6.50. The summed E-state index contributed by atoms with van der Waals surface area (Å²) in [6, 6.07) is 18.2. The summed E-state index contributed by atoms with van der Waals surface area (Å²) in [4.78, 5) is 15.6. The van der Waals surface area contributed by atoms with Gasteiger partial charge in [-0.25, -0.2) is 4.79 Å². The summed E-state index contributed by atoms with van der Waals surface area (Å²) in [5, 5.41) is 11.6. The van der Waals surface area contributed by atoms with Crippen LogP contribution in [0.4, 0.5) is 0 Å². The van der Waals surface area contributed by atoms with Crippen LogP contribution in [-0.4, -0.2) is 42.7 Å². The van der Waals surface area contributed by atoms with E-state index in [1.54, 1.807) is 24.3 Å². The van der Waals surface area contributed by atoms with Gasteiger partial charge in [0.2, 0.25) is 5.60 Å². The molecule has 0 aromatic heterocycles. The molecule has 148 valence electrons. The van der Waals surface area contributed by atoms with Crippen molar-refractivity contribution in [2.75, 3.05) is 20.6 Å². The molecule has 4 atom stereocenters. The van der Waals surface area contributed by atoms with Crippen LogP contribution in [0.2, 0.25) is 0 Å². The lowest BCUT2D eigenvalue weighted by atomic mass is 9.84. The molecule has 0 amide bonds. The number of carbonyl (C=O) groups excluding carboxylic acids is 1. The fourth-order valence-corrected chi connectivity index (χ4v) is 5.19. The van der Waals surface area contributed by atoms with Gasteiger partial charge >= 0.3 is 5.97 Å². The first-order valence-electron chi connectivity index (χ1n) is 10.2. The van der Waals surface area contributed by atoms with Crippen molar-refractivity contribution in [1.29, 1.82) is 0 Å². The van der Waals surface area contributed by atoms with Gasteiger partial charge in [-0.2, -0.15) is 0 Å². The van der Waals surface area contributed by atoms with E-state index in [1.807, 2.05) is 36.4 Å². The van der Waals surface area contributed by atoms with Gasteiger partial charge in [0.1, 0.15) is 6.10 Å². The molecule has 0 spiro atoms. The lowest BCUT2D eigenvalue weighted by molar-refractivity contribution is -0.173. The van der Waals surface area contributed by atoms with Gasteiger partial charge in [-0.1, -0.05) is 60.7 Å². The molecule has 0 aliphatic heterocycles. The number of aliphatic hydroxyl groups is 1. The summed E-state index contributed by atoms with van der Waals surface area (Å²) < 4.78 is 6.12. The van der Waals surface area contributed by atoms with E-state index >= 15 is 0 Å². The molecular weight excluding hydrogens is 350 g/mol. The average molecular weight is 380 g/mol. The van der Waals surface area contributed by atoms with Crippen LogP contribution in [-0.2, 0) is 15.1 Å². The Bertz CT molecular complexity index is 766. The van der Waals surface area contributed by atoms with Crippen molar-refractivity contribution in [2.24, 2.45) is 17.8 Å². The van der Waals surface area contributed by atoms with E-state index in [-0.39, 0.29) is 6.10 Å². The average Bonchev–Trinajstić information content (AvgIpc) is 3.31. The maximum atomic E-state index is 13.4.